The highest BCUT2D eigenvalue weighted by Crippen LogP contribution is 2.35. The van der Waals surface area contributed by atoms with Gasteiger partial charge in [-0.1, -0.05) is 0 Å². The van der Waals surface area contributed by atoms with E-state index in [0.29, 0.717) is 15.7 Å². The lowest BCUT2D eigenvalue weighted by atomic mass is 10.1. The molecule has 20 heavy (non-hydrogen) atoms. The first-order valence-corrected chi connectivity index (χ1v) is 8.20. The molecule has 2 rings (SSSR count). The largest absolute Gasteiger partial charge is 0.311 e. The highest BCUT2D eigenvalue weighted by Gasteiger charge is 2.35. The molecule has 1 aliphatic heterocycles. The van der Waals surface area contributed by atoms with Crippen LogP contribution < -0.4 is 4.90 Å². The summed E-state index contributed by atoms with van der Waals surface area (Å²) < 4.78 is 47.7. The fourth-order valence-electron chi connectivity index (χ4n) is 2.43. The fraction of sp³-hybridized carbons (Fsp3) is 0.417. The van der Waals surface area contributed by atoms with Gasteiger partial charge in [-0.3, -0.25) is 4.79 Å². The van der Waals surface area contributed by atoms with Crippen molar-refractivity contribution in [1.82, 2.24) is 0 Å². The van der Waals surface area contributed by atoms with Gasteiger partial charge in [0.05, 0.1) is 11.4 Å². The van der Waals surface area contributed by atoms with E-state index in [1.54, 1.807) is 6.92 Å². The summed E-state index contributed by atoms with van der Waals surface area (Å²) in [4.78, 5) is 13.3. The molecule has 0 aromatic heterocycles. The van der Waals surface area contributed by atoms with Crippen molar-refractivity contribution in [1.29, 1.82) is 0 Å². The second-order valence-corrected chi connectivity index (χ2v) is 7.10. The Balaban J connectivity index is 2.29. The minimum Gasteiger partial charge on any atom is -0.311 e. The van der Waals surface area contributed by atoms with Gasteiger partial charge >= 0.3 is 10.2 Å². The number of carbonyl (C=O) groups excluding carboxylic acids is 1. The van der Waals surface area contributed by atoms with Gasteiger partial charge < -0.3 is 4.90 Å². The van der Waals surface area contributed by atoms with Gasteiger partial charge in [-0.05, 0) is 40.5 Å². The molecule has 1 saturated heterocycles. The number of aryl methyl sites for hydroxylation is 1. The van der Waals surface area contributed by atoms with Crippen LogP contribution in [0.2, 0.25) is 0 Å². The number of hydrogen-bond donors (Lipinski definition) is 0. The third-order valence-corrected chi connectivity index (χ3v) is 4.60. The second-order valence-electron chi connectivity index (χ2n) is 4.83. The predicted molar refractivity (Wildman–Crippen MR) is 74.2 cm³/mol. The molecule has 0 spiro atoms. The Hall–Kier alpha value is -1.02. The Kier molecular flexibility index (Phi) is 4.15. The van der Waals surface area contributed by atoms with Gasteiger partial charge in [-0.25, -0.2) is 4.39 Å². The zero-order valence-electron chi connectivity index (χ0n) is 10.6. The van der Waals surface area contributed by atoms with Crippen LogP contribution in [-0.4, -0.2) is 26.6 Å². The van der Waals surface area contributed by atoms with E-state index >= 15 is 0 Å². The molecule has 0 N–H and O–H groups in total. The number of benzene rings is 1. The summed E-state index contributed by atoms with van der Waals surface area (Å²) in [6.07, 6.45) is -0.0353. The van der Waals surface area contributed by atoms with Crippen molar-refractivity contribution in [3.8, 4) is 0 Å². The average molecular weight is 368 g/mol. The predicted octanol–water partition coefficient (Wildman–Crippen LogP) is 2.55. The van der Waals surface area contributed by atoms with Gasteiger partial charge in [-0.15, -0.1) is 3.89 Å². The highest BCUT2D eigenvalue weighted by atomic mass is 79.9. The monoisotopic (exact) mass is 367 g/mol. The van der Waals surface area contributed by atoms with E-state index in [-0.39, 0.29) is 18.9 Å². The molecular weight excluding hydrogens is 356 g/mol. The normalized spacial score (nSPS) is 19.7. The number of carbonyl (C=O) groups is 1. The summed E-state index contributed by atoms with van der Waals surface area (Å²) in [5, 5.41) is 0. The van der Waals surface area contributed by atoms with E-state index < -0.39 is 27.7 Å². The topological polar surface area (TPSA) is 54.5 Å². The van der Waals surface area contributed by atoms with Crippen LogP contribution in [0.3, 0.4) is 0 Å². The number of amides is 1. The zero-order chi connectivity index (χ0) is 15.1. The minimum atomic E-state index is -4.61. The van der Waals surface area contributed by atoms with E-state index in [9.17, 15) is 21.5 Å². The molecule has 1 atom stereocenters. The Labute approximate surface area is 124 Å². The number of hydrogen-bond acceptors (Lipinski definition) is 3. The van der Waals surface area contributed by atoms with Gasteiger partial charge in [0.1, 0.15) is 5.82 Å². The molecule has 0 bridgehead atoms. The van der Waals surface area contributed by atoms with Crippen molar-refractivity contribution in [2.24, 2.45) is 5.92 Å². The molecule has 110 valence electrons. The van der Waals surface area contributed by atoms with Gasteiger partial charge in [0.2, 0.25) is 5.91 Å². The lowest BCUT2D eigenvalue weighted by molar-refractivity contribution is -0.117. The number of anilines is 1. The molecule has 0 saturated carbocycles. The number of nitrogens with zero attached hydrogens (tertiary/aromatic N) is 1. The summed E-state index contributed by atoms with van der Waals surface area (Å²) in [6, 6.07) is 2.52. The standard InChI is InChI=1S/C12H12BrF2NO3S/c1-7-2-9(14)4-10(13)12(7)16-5-8(3-11(16)17)6-20(15,18)19/h2,4,8H,3,5-6H2,1H3. The number of rotatable bonds is 3. The molecule has 1 fully saturated rings. The Morgan fingerprint density at radius 1 is 1.45 bits per heavy atom. The van der Waals surface area contributed by atoms with Gasteiger partial charge in [0, 0.05) is 23.4 Å². The van der Waals surface area contributed by atoms with Gasteiger partial charge in [0.25, 0.3) is 0 Å². The summed E-state index contributed by atoms with van der Waals surface area (Å²) in [7, 11) is -4.61. The van der Waals surface area contributed by atoms with Crippen molar-refractivity contribution in [3.05, 3.63) is 28.0 Å². The smallest absolute Gasteiger partial charge is 0.302 e. The van der Waals surface area contributed by atoms with Crippen LogP contribution in [0.5, 0.6) is 0 Å². The molecule has 4 nitrogen and oxygen atoms in total. The minimum absolute atomic E-state index is 0.0353. The van der Waals surface area contributed by atoms with Crippen LogP contribution in [-0.2, 0) is 15.0 Å². The first-order valence-electron chi connectivity index (χ1n) is 5.85. The van der Waals surface area contributed by atoms with E-state index in [1.807, 2.05) is 0 Å². The Bertz CT molecular complexity index is 640. The van der Waals surface area contributed by atoms with E-state index in [1.165, 1.54) is 17.0 Å². The molecule has 1 unspecified atom stereocenters. The molecule has 1 aromatic carbocycles. The quantitative estimate of drug-likeness (QED) is 0.771. The van der Waals surface area contributed by atoms with Crippen molar-refractivity contribution < 1.29 is 21.5 Å². The molecule has 1 heterocycles. The van der Waals surface area contributed by atoms with Crippen molar-refractivity contribution in [2.75, 3.05) is 17.2 Å². The summed E-state index contributed by atoms with van der Waals surface area (Å²) in [5.74, 6) is -2.00. The zero-order valence-corrected chi connectivity index (χ0v) is 13.0. The molecule has 0 radical (unpaired) electrons. The second kappa shape index (κ2) is 5.40. The van der Waals surface area contributed by atoms with Crippen LogP contribution in [0.15, 0.2) is 16.6 Å². The highest BCUT2D eigenvalue weighted by molar-refractivity contribution is 9.10. The summed E-state index contributed by atoms with van der Waals surface area (Å²) >= 11 is 3.19. The van der Waals surface area contributed by atoms with Crippen LogP contribution in [0.1, 0.15) is 12.0 Å². The molecule has 1 aliphatic rings. The lowest BCUT2D eigenvalue weighted by Crippen LogP contribution is -2.26. The number of halogens is 3. The van der Waals surface area contributed by atoms with E-state index in [0.717, 1.165) is 0 Å². The summed E-state index contributed by atoms with van der Waals surface area (Å²) in [5.41, 5.74) is 1.05. The Morgan fingerprint density at radius 2 is 2.10 bits per heavy atom. The van der Waals surface area contributed by atoms with Crippen LogP contribution >= 0.6 is 15.9 Å². The van der Waals surface area contributed by atoms with Crippen LogP contribution in [0.25, 0.3) is 0 Å². The fourth-order valence-corrected chi connectivity index (χ4v) is 3.96. The van der Waals surface area contributed by atoms with Gasteiger partial charge in [0.15, 0.2) is 0 Å². The van der Waals surface area contributed by atoms with Gasteiger partial charge in [-0.2, -0.15) is 8.42 Å². The Morgan fingerprint density at radius 3 is 2.65 bits per heavy atom. The molecular formula is C12H12BrF2NO3S. The third-order valence-electron chi connectivity index (χ3n) is 3.13. The summed E-state index contributed by atoms with van der Waals surface area (Å²) in [6.45, 7) is 1.75. The maximum absolute atomic E-state index is 13.2. The van der Waals surface area contributed by atoms with Crippen molar-refractivity contribution in [2.45, 2.75) is 13.3 Å². The van der Waals surface area contributed by atoms with Crippen molar-refractivity contribution in [3.63, 3.8) is 0 Å². The molecule has 0 aliphatic carbocycles. The third kappa shape index (κ3) is 3.35. The van der Waals surface area contributed by atoms with E-state index in [4.69, 9.17) is 0 Å². The first-order chi connectivity index (χ1) is 9.17. The molecule has 1 aromatic rings. The first kappa shape index (κ1) is 15.4. The van der Waals surface area contributed by atoms with E-state index in [2.05, 4.69) is 15.9 Å². The van der Waals surface area contributed by atoms with Crippen LogP contribution in [0, 0.1) is 18.7 Å². The van der Waals surface area contributed by atoms with Crippen molar-refractivity contribution >= 4 is 37.7 Å². The lowest BCUT2D eigenvalue weighted by Gasteiger charge is -2.20. The molecule has 1 amide bonds. The molecule has 8 heteroatoms. The van der Waals surface area contributed by atoms with Crippen LogP contribution in [0.4, 0.5) is 14.0 Å². The maximum atomic E-state index is 13.2. The average Bonchev–Trinajstić information content (AvgIpc) is 2.55. The SMILES string of the molecule is Cc1cc(F)cc(Br)c1N1CC(CS(=O)(=O)F)CC1=O. The maximum Gasteiger partial charge on any atom is 0.302 e.